The van der Waals surface area contributed by atoms with Gasteiger partial charge in [0.15, 0.2) is 0 Å². The van der Waals surface area contributed by atoms with Gasteiger partial charge in [0.1, 0.15) is 11.8 Å². The van der Waals surface area contributed by atoms with Crippen LogP contribution in [0.15, 0.2) is 79.9 Å². The molecule has 2 aromatic rings. The van der Waals surface area contributed by atoms with Crippen molar-refractivity contribution in [2.24, 2.45) is 11.8 Å². The number of rotatable bonds is 13. The minimum atomic E-state index is -0.822. The first-order chi connectivity index (χ1) is 23.2. The molecule has 1 aliphatic carbocycles. The molecule has 6 atom stereocenters. The van der Waals surface area contributed by atoms with E-state index >= 15 is 9.59 Å². The van der Waals surface area contributed by atoms with Crippen molar-refractivity contribution >= 4 is 35.2 Å². The third kappa shape index (κ3) is 5.76. The summed E-state index contributed by atoms with van der Waals surface area (Å²) in [5.74, 6) is -1.11. The molecular formula is C39H49N3O5S. The summed E-state index contributed by atoms with van der Waals surface area (Å²) in [7, 11) is 0. The number of thioether (sulfide) groups is 1. The van der Waals surface area contributed by atoms with Crippen molar-refractivity contribution < 1.29 is 24.2 Å². The van der Waals surface area contributed by atoms with E-state index in [9.17, 15) is 9.90 Å². The van der Waals surface area contributed by atoms with Crippen LogP contribution in [0.3, 0.4) is 0 Å². The SMILES string of the molecule is C=CCN(C(=O)[C@H]1[C@H]2C(=O)N([C@H](CO)c3ccccc3)C(C(=O)N(CC=C)C3CCCCC3)C23CC[C@]1(C)S3)c1ccc(OCC)cc1. The quantitative estimate of drug-likeness (QED) is 0.257. The number of anilines is 1. The number of fused-ring (bicyclic) bond motifs is 1. The molecule has 3 saturated heterocycles. The fourth-order valence-corrected chi connectivity index (χ4v) is 11.3. The smallest absolute Gasteiger partial charge is 0.247 e. The molecule has 1 N–H and O–H groups in total. The van der Waals surface area contributed by atoms with Gasteiger partial charge in [-0.25, -0.2) is 0 Å². The van der Waals surface area contributed by atoms with Crippen LogP contribution in [0.2, 0.25) is 0 Å². The number of hydrogen-bond donors (Lipinski definition) is 1. The fraction of sp³-hybridized carbons (Fsp3) is 0.513. The molecule has 0 radical (unpaired) electrons. The van der Waals surface area contributed by atoms with Crippen LogP contribution in [-0.4, -0.2) is 80.5 Å². The Morgan fingerprint density at radius 2 is 1.71 bits per heavy atom. The normalized spacial score (nSPS) is 28.5. The van der Waals surface area contributed by atoms with E-state index in [1.165, 1.54) is 0 Å². The first-order valence-corrected chi connectivity index (χ1v) is 18.3. The molecule has 6 rings (SSSR count). The minimum absolute atomic E-state index is 0.0697. The average Bonchev–Trinajstić information content (AvgIpc) is 3.68. The highest BCUT2D eigenvalue weighted by Gasteiger charge is 2.78. The second kappa shape index (κ2) is 14.1. The predicted molar refractivity (Wildman–Crippen MR) is 191 cm³/mol. The number of ether oxygens (including phenoxy) is 1. The molecule has 2 aromatic carbocycles. The van der Waals surface area contributed by atoms with E-state index in [0.717, 1.165) is 43.4 Å². The maximum Gasteiger partial charge on any atom is 0.247 e. The molecule has 4 aliphatic rings. The standard InChI is InChI=1S/C39H49N3O5S/c1-5-24-40(29-18-20-30(21-19-29)47-7-3)35(44)32-33-36(45)42(31(26-43)27-14-10-8-11-15-27)34(39(33)23-22-38(32,4)48-39)37(46)41(25-6-2)28-16-12-9-13-17-28/h5-6,8,10-11,14-15,18-21,28,31-34,43H,1-2,7,9,12-13,16-17,22-26H2,3-4H3/t31-,32-,33+,34?,38+,39?/m1/s1. The molecule has 4 fully saturated rings. The van der Waals surface area contributed by atoms with E-state index < -0.39 is 33.4 Å². The van der Waals surface area contributed by atoms with E-state index in [4.69, 9.17) is 4.74 Å². The van der Waals surface area contributed by atoms with Crippen molar-refractivity contribution in [1.82, 2.24) is 9.80 Å². The molecule has 0 aromatic heterocycles. The number of hydrogen-bond acceptors (Lipinski definition) is 6. The van der Waals surface area contributed by atoms with E-state index in [1.807, 2.05) is 66.4 Å². The highest BCUT2D eigenvalue weighted by atomic mass is 32.2. The number of nitrogens with zero attached hydrogens (tertiary/aromatic N) is 3. The van der Waals surface area contributed by atoms with Crippen molar-refractivity contribution in [3.63, 3.8) is 0 Å². The van der Waals surface area contributed by atoms with Gasteiger partial charge in [-0.15, -0.1) is 24.9 Å². The van der Waals surface area contributed by atoms with E-state index in [0.29, 0.717) is 31.7 Å². The van der Waals surface area contributed by atoms with Crippen molar-refractivity contribution in [2.45, 2.75) is 86.4 Å². The Morgan fingerprint density at radius 3 is 2.33 bits per heavy atom. The zero-order valence-electron chi connectivity index (χ0n) is 28.3. The van der Waals surface area contributed by atoms with Crippen LogP contribution in [-0.2, 0) is 14.4 Å². The zero-order valence-corrected chi connectivity index (χ0v) is 29.1. The van der Waals surface area contributed by atoms with Crippen LogP contribution in [0.4, 0.5) is 5.69 Å². The molecule has 3 heterocycles. The van der Waals surface area contributed by atoms with Gasteiger partial charge in [0.25, 0.3) is 0 Å². The second-order valence-corrected chi connectivity index (χ2v) is 15.7. The summed E-state index contributed by atoms with van der Waals surface area (Å²) >= 11 is 1.67. The molecule has 3 amide bonds. The van der Waals surface area contributed by atoms with E-state index in [-0.39, 0.29) is 36.9 Å². The van der Waals surface area contributed by atoms with Crippen LogP contribution in [0.25, 0.3) is 0 Å². The van der Waals surface area contributed by atoms with Gasteiger partial charge in [-0.3, -0.25) is 14.4 Å². The summed E-state index contributed by atoms with van der Waals surface area (Å²) < 4.78 is 4.30. The Balaban J connectivity index is 1.45. The van der Waals surface area contributed by atoms with Crippen LogP contribution >= 0.6 is 11.8 Å². The van der Waals surface area contributed by atoms with Crippen molar-refractivity contribution in [3.8, 4) is 5.75 Å². The molecule has 9 heteroatoms. The molecule has 2 bridgehead atoms. The maximum atomic E-state index is 15.2. The Hall–Kier alpha value is -3.56. The van der Waals surface area contributed by atoms with Crippen molar-refractivity contribution in [3.05, 3.63) is 85.5 Å². The number of carbonyl (C=O) groups is 3. The van der Waals surface area contributed by atoms with Crippen LogP contribution < -0.4 is 9.64 Å². The van der Waals surface area contributed by atoms with Gasteiger partial charge in [0.2, 0.25) is 17.7 Å². The first-order valence-electron chi connectivity index (χ1n) is 17.5. The number of amides is 3. The lowest BCUT2D eigenvalue weighted by atomic mass is 9.66. The lowest BCUT2D eigenvalue weighted by Crippen LogP contribution is -2.58. The number of aliphatic hydroxyl groups excluding tert-OH is 1. The summed E-state index contributed by atoms with van der Waals surface area (Å²) in [4.78, 5) is 50.5. The molecule has 3 aliphatic heterocycles. The fourth-order valence-electron chi connectivity index (χ4n) is 9.00. The second-order valence-electron chi connectivity index (χ2n) is 13.8. The van der Waals surface area contributed by atoms with Gasteiger partial charge in [0, 0.05) is 29.6 Å². The lowest BCUT2D eigenvalue weighted by molar-refractivity contribution is -0.147. The summed E-state index contributed by atoms with van der Waals surface area (Å²) in [6, 6.07) is 15.4. The third-order valence-corrected chi connectivity index (χ3v) is 13.1. The highest BCUT2D eigenvalue weighted by Crippen LogP contribution is 2.72. The largest absolute Gasteiger partial charge is 0.494 e. The molecule has 8 nitrogen and oxygen atoms in total. The van der Waals surface area contributed by atoms with Crippen molar-refractivity contribution in [2.75, 3.05) is 31.2 Å². The number of likely N-dealkylation sites (tertiary alicyclic amines) is 1. The Bertz CT molecular complexity index is 1510. The topological polar surface area (TPSA) is 90.4 Å². The molecule has 256 valence electrons. The van der Waals surface area contributed by atoms with Gasteiger partial charge in [-0.1, -0.05) is 61.7 Å². The van der Waals surface area contributed by atoms with Gasteiger partial charge < -0.3 is 24.5 Å². The van der Waals surface area contributed by atoms with Crippen LogP contribution in [0, 0.1) is 11.8 Å². The minimum Gasteiger partial charge on any atom is -0.494 e. The van der Waals surface area contributed by atoms with Gasteiger partial charge in [-0.05, 0) is 69.4 Å². The van der Waals surface area contributed by atoms with E-state index in [1.54, 1.807) is 33.7 Å². The van der Waals surface area contributed by atoms with E-state index in [2.05, 4.69) is 20.1 Å². The summed E-state index contributed by atoms with van der Waals surface area (Å²) in [5, 5.41) is 10.9. The first kappa shape index (κ1) is 34.3. The molecular weight excluding hydrogens is 623 g/mol. The Morgan fingerprint density at radius 1 is 1.02 bits per heavy atom. The number of carbonyl (C=O) groups excluding carboxylic acids is 3. The molecule has 2 unspecified atom stereocenters. The highest BCUT2D eigenvalue weighted by molar-refractivity contribution is 8.02. The summed E-state index contributed by atoms with van der Waals surface area (Å²) in [5.41, 5.74) is 1.47. The van der Waals surface area contributed by atoms with Gasteiger partial charge >= 0.3 is 0 Å². The predicted octanol–water partition coefficient (Wildman–Crippen LogP) is 6.17. The van der Waals surface area contributed by atoms with Crippen LogP contribution in [0.5, 0.6) is 5.75 Å². The summed E-state index contributed by atoms with van der Waals surface area (Å²) in [6.07, 6.45) is 9.95. The summed E-state index contributed by atoms with van der Waals surface area (Å²) in [6.45, 7) is 12.8. The zero-order chi connectivity index (χ0) is 34.1. The van der Waals surface area contributed by atoms with Gasteiger partial charge in [-0.2, -0.15) is 0 Å². The average molecular weight is 672 g/mol. The Kier molecular flexibility index (Phi) is 10.1. The number of aliphatic hydroxyl groups is 1. The van der Waals surface area contributed by atoms with Crippen LogP contribution in [0.1, 0.15) is 70.4 Å². The lowest BCUT2D eigenvalue weighted by Gasteiger charge is -2.42. The third-order valence-electron chi connectivity index (χ3n) is 11.1. The van der Waals surface area contributed by atoms with Gasteiger partial charge in [0.05, 0.1) is 35.8 Å². The molecule has 1 spiro atoms. The van der Waals surface area contributed by atoms with Crippen molar-refractivity contribution in [1.29, 1.82) is 0 Å². The Labute approximate surface area is 289 Å². The molecule has 48 heavy (non-hydrogen) atoms. The number of benzene rings is 2. The molecule has 1 saturated carbocycles. The maximum absolute atomic E-state index is 15.2. The monoisotopic (exact) mass is 671 g/mol.